The van der Waals surface area contributed by atoms with Crippen LogP contribution in [0.5, 0.6) is 11.5 Å². The highest BCUT2D eigenvalue weighted by atomic mass is 79.9. The summed E-state index contributed by atoms with van der Waals surface area (Å²) >= 11 is 11.0. The standard InChI is InChI=1S/C33H26BrClN4O5S/c1-2-43-29-16-21(15-27(34)30(29)44-18-20-3-5-24(6-4-20)32(41)42)17-36-39-31(40)23-9-7-22(8-10-23)28-19-45-33(38-28)37-26-13-11-25(35)12-14-26/h3-17,19H,2,18H2,1H3,(H,37,38)(H,39,40)(H,41,42)/b36-17-. The summed E-state index contributed by atoms with van der Waals surface area (Å²) in [6.45, 7) is 2.48. The van der Waals surface area contributed by atoms with Gasteiger partial charge in [0.1, 0.15) is 6.61 Å². The van der Waals surface area contributed by atoms with Gasteiger partial charge in [-0.25, -0.2) is 15.2 Å². The molecule has 0 radical (unpaired) electrons. The van der Waals surface area contributed by atoms with Gasteiger partial charge in [0.25, 0.3) is 5.91 Å². The van der Waals surface area contributed by atoms with E-state index in [2.05, 4.69) is 36.8 Å². The van der Waals surface area contributed by atoms with Crippen LogP contribution >= 0.6 is 38.9 Å². The Morgan fingerprint density at radius 3 is 2.40 bits per heavy atom. The van der Waals surface area contributed by atoms with Crippen LogP contribution in [-0.4, -0.2) is 34.8 Å². The van der Waals surface area contributed by atoms with Crippen LogP contribution in [0.4, 0.5) is 10.8 Å². The van der Waals surface area contributed by atoms with Gasteiger partial charge in [0.2, 0.25) is 0 Å². The Kier molecular flexibility index (Phi) is 10.5. The Morgan fingerprint density at radius 1 is 1.00 bits per heavy atom. The van der Waals surface area contributed by atoms with Crippen LogP contribution in [0.2, 0.25) is 5.02 Å². The Labute approximate surface area is 276 Å². The van der Waals surface area contributed by atoms with Crippen molar-refractivity contribution in [3.8, 4) is 22.8 Å². The number of hydrazone groups is 1. The average molecular weight is 706 g/mol. The van der Waals surface area contributed by atoms with E-state index in [1.54, 1.807) is 36.4 Å². The third kappa shape index (κ3) is 8.48. The molecule has 3 N–H and O–H groups in total. The topological polar surface area (TPSA) is 122 Å². The number of carbonyl (C=O) groups excluding carboxylic acids is 1. The van der Waals surface area contributed by atoms with Crippen molar-refractivity contribution >= 4 is 67.8 Å². The van der Waals surface area contributed by atoms with Crippen LogP contribution in [0.25, 0.3) is 11.3 Å². The van der Waals surface area contributed by atoms with Crippen molar-refractivity contribution in [2.24, 2.45) is 5.10 Å². The summed E-state index contributed by atoms with van der Waals surface area (Å²) < 4.78 is 12.4. The fourth-order valence-electron chi connectivity index (χ4n) is 4.11. The molecule has 0 unspecified atom stereocenters. The second kappa shape index (κ2) is 14.8. The Morgan fingerprint density at radius 2 is 1.71 bits per heavy atom. The maximum atomic E-state index is 12.7. The third-order valence-electron chi connectivity index (χ3n) is 6.34. The smallest absolute Gasteiger partial charge is 0.335 e. The molecule has 12 heteroatoms. The van der Waals surface area contributed by atoms with E-state index >= 15 is 0 Å². The Bertz CT molecular complexity index is 1830. The fraction of sp³-hybridized carbons (Fsp3) is 0.0909. The zero-order chi connectivity index (χ0) is 31.8. The first-order chi connectivity index (χ1) is 21.8. The predicted octanol–water partition coefficient (Wildman–Crippen LogP) is 8.41. The molecule has 5 aromatic rings. The Hall–Kier alpha value is -4.71. The molecule has 0 saturated heterocycles. The zero-order valence-corrected chi connectivity index (χ0v) is 26.9. The van der Waals surface area contributed by atoms with Gasteiger partial charge in [-0.2, -0.15) is 5.10 Å². The number of aromatic nitrogens is 1. The van der Waals surface area contributed by atoms with E-state index in [0.717, 1.165) is 27.6 Å². The number of amides is 1. The lowest BCUT2D eigenvalue weighted by molar-refractivity contribution is 0.0696. The molecule has 4 aromatic carbocycles. The number of nitrogens with one attached hydrogen (secondary N) is 2. The molecule has 5 rings (SSSR count). The van der Waals surface area contributed by atoms with Gasteiger partial charge in [0, 0.05) is 27.2 Å². The highest BCUT2D eigenvalue weighted by Gasteiger charge is 2.13. The highest BCUT2D eigenvalue weighted by molar-refractivity contribution is 9.10. The van der Waals surface area contributed by atoms with Crippen molar-refractivity contribution < 1.29 is 24.2 Å². The lowest BCUT2D eigenvalue weighted by Crippen LogP contribution is -2.17. The molecule has 228 valence electrons. The van der Waals surface area contributed by atoms with Crippen LogP contribution in [-0.2, 0) is 6.61 Å². The molecule has 0 spiro atoms. The molecule has 0 fully saturated rings. The quantitative estimate of drug-likeness (QED) is 0.0880. The molecular weight excluding hydrogens is 680 g/mol. The lowest BCUT2D eigenvalue weighted by atomic mass is 10.1. The van der Waals surface area contributed by atoms with Gasteiger partial charge in [-0.15, -0.1) is 11.3 Å². The summed E-state index contributed by atoms with van der Waals surface area (Å²) in [5, 5.41) is 19.8. The number of hydrogen-bond acceptors (Lipinski definition) is 8. The van der Waals surface area contributed by atoms with Gasteiger partial charge in [0.15, 0.2) is 16.6 Å². The molecule has 1 amide bonds. The van der Waals surface area contributed by atoms with E-state index < -0.39 is 5.97 Å². The van der Waals surface area contributed by atoms with Gasteiger partial charge in [0.05, 0.1) is 28.6 Å². The monoisotopic (exact) mass is 704 g/mol. The summed E-state index contributed by atoms with van der Waals surface area (Å²) in [6.07, 6.45) is 1.51. The minimum Gasteiger partial charge on any atom is -0.490 e. The summed E-state index contributed by atoms with van der Waals surface area (Å²) in [4.78, 5) is 28.5. The third-order valence-corrected chi connectivity index (χ3v) is 7.94. The van der Waals surface area contributed by atoms with Crippen LogP contribution in [0, 0.1) is 0 Å². The minimum atomic E-state index is -0.986. The molecule has 0 atom stereocenters. The number of anilines is 2. The number of thiazole rings is 1. The molecule has 0 aliphatic rings. The number of nitrogens with zero attached hydrogens (tertiary/aromatic N) is 2. The summed E-state index contributed by atoms with van der Waals surface area (Å²) in [7, 11) is 0. The molecule has 9 nitrogen and oxygen atoms in total. The largest absolute Gasteiger partial charge is 0.490 e. The number of aromatic carboxylic acids is 1. The number of halogens is 2. The fourth-order valence-corrected chi connectivity index (χ4v) is 5.55. The van der Waals surface area contributed by atoms with Crippen molar-refractivity contribution in [1.82, 2.24) is 10.4 Å². The van der Waals surface area contributed by atoms with E-state index in [1.165, 1.54) is 29.7 Å². The van der Waals surface area contributed by atoms with Gasteiger partial charge >= 0.3 is 5.97 Å². The van der Waals surface area contributed by atoms with E-state index in [0.29, 0.717) is 38.7 Å². The molecule has 1 heterocycles. The Balaban J connectivity index is 1.19. The molecule has 45 heavy (non-hydrogen) atoms. The average Bonchev–Trinajstić information content (AvgIpc) is 3.50. The first-order valence-corrected chi connectivity index (χ1v) is 15.7. The van der Waals surface area contributed by atoms with E-state index in [9.17, 15) is 9.59 Å². The van der Waals surface area contributed by atoms with Gasteiger partial charge in [-0.3, -0.25) is 4.79 Å². The zero-order valence-electron chi connectivity index (χ0n) is 23.8. The second-order valence-electron chi connectivity index (χ2n) is 9.50. The normalized spacial score (nSPS) is 10.9. The van der Waals surface area contributed by atoms with Crippen LogP contribution in [0.15, 0.2) is 99.9 Å². The van der Waals surface area contributed by atoms with Crippen LogP contribution in [0.3, 0.4) is 0 Å². The van der Waals surface area contributed by atoms with Gasteiger partial charge < -0.3 is 19.9 Å². The van der Waals surface area contributed by atoms with Crippen LogP contribution < -0.4 is 20.2 Å². The molecular formula is C33H26BrClN4O5S. The first-order valence-electron chi connectivity index (χ1n) is 13.6. The number of ether oxygens (including phenoxy) is 2. The number of carboxylic acid groups (broad SMARTS) is 1. The summed E-state index contributed by atoms with van der Waals surface area (Å²) in [5.74, 6) is -0.362. The second-order valence-corrected chi connectivity index (χ2v) is 11.6. The highest BCUT2D eigenvalue weighted by Crippen LogP contribution is 2.37. The van der Waals surface area contributed by atoms with Gasteiger partial charge in [-0.05, 0) is 94.6 Å². The SMILES string of the molecule is CCOc1cc(/C=N\NC(=O)c2ccc(-c3csc(Nc4ccc(Cl)cc4)n3)cc2)cc(Br)c1OCc1ccc(C(=O)O)cc1. The first kappa shape index (κ1) is 31.7. The molecule has 0 aliphatic carbocycles. The number of hydrogen-bond donors (Lipinski definition) is 3. The number of benzene rings is 4. The van der Waals surface area contributed by atoms with E-state index in [1.807, 2.05) is 48.7 Å². The lowest BCUT2D eigenvalue weighted by Gasteiger charge is -2.15. The van der Waals surface area contributed by atoms with E-state index in [-0.39, 0.29) is 18.1 Å². The van der Waals surface area contributed by atoms with Crippen molar-refractivity contribution in [3.63, 3.8) is 0 Å². The van der Waals surface area contributed by atoms with E-state index in [4.69, 9.17) is 26.2 Å². The van der Waals surface area contributed by atoms with Crippen molar-refractivity contribution in [2.45, 2.75) is 13.5 Å². The maximum absolute atomic E-state index is 12.7. The van der Waals surface area contributed by atoms with Crippen molar-refractivity contribution in [3.05, 3.63) is 122 Å². The minimum absolute atomic E-state index is 0.205. The molecule has 1 aromatic heterocycles. The summed E-state index contributed by atoms with van der Waals surface area (Å²) in [6, 6.07) is 24.5. The maximum Gasteiger partial charge on any atom is 0.335 e. The molecule has 0 saturated carbocycles. The predicted molar refractivity (Wildman–Crippen MR) is 180 cm³/mol. The number of carboxylic acids is 1. The van der Waals surface area contributed by atoms with Crippen LogP contribution in [0.1, 0.15) is 38.8 Å². The number of carbonyl (C=O) groups is 2. The van der Waals surface area contributed by atoms with Crippen molar-refractivity contribution in [1.29, 1.82) is 0 Å². The molecule has 0 aliphatic heterocycles. The van der Waals surface area contributed by atoms with Gasteiger partial charge in [-0.1, -0.05) is 35.9 Å². The summed E-state index contributed by atoms with van der Waals surface area (Å²) in [5.41, 5.74) is 7.24. The van der Waals surface area contributed by atoms with Crippen molar-refractivity contribution in [2.75, 3.05) is 11.9 Å². The molecule has 0 bridgehead atoms. The number of rotatable bonds is 12.